The van der Waals surface area contributed by atoms with Crippen molar-refractivity contribution >= 4 is 0 Å². The van der Waals surface area contributed by atoms with E-state index in [1.165, 1.54) is 77.4 Å². The maximum absolute atomic E-state index is 5.20. The molecule has 2 aliphatic rings. The van der Waals surface area contributed by atoms with E-state index in [0.717, 1.165) is 24.6 Å². The largest absolute Gasteiger partial charge is 0.385 e. The molecule has 0 bridgehead atoms. The minimum atomic E-state index is 0.720. The molecule has 1 aliphatic heterocycles. The average Bonchev–Trinajstić information content (AvgIpc) is 2.53. The normalized spacial score (nSPS) is 28.9. The Morgan fingerprint density at radius 3 is 2.67 bits per heavy atom. The van der Waals surface area contributed by atoms with Crippen molar-refractivity contribution in [2.45, 2.75) is 76.8 Å². The number of hydrogen-bond acceptors (Lipinski definition) is 3. The molecule has 1 aliphatic carbocycles. The Morgan fingerprint density at radius 1 is 1.14 bits per heavy atom. The van der Waals surface area contributed by atoms with Crippen LogP contribution in [-0.4, -0.2) is 50.3 Å². The summed E-state index contributed by atoms with van der Waals surface area (Å²) in [5.41, 5.74) is 0. The van der Waals surface area contributed by atoms with Gasteiger partial charge in [-0.2, -0.15) is 0 Å². The molecule has 0 amide bonds. The first-order chi connectivity index (χ1) is 10.3. The van der Waals surface area contributed by atoms with Gasteiger partial charge in [0.1, 0.15) is 0 Å². The van der Waals surface area contributed by atoms with Crippen LogP contribution in [0.2, 0.25) is 0 Å². The van der Waals surface area contributed by atoms with Gasteiger partial charge in [-0.1, -0.05) is 32.6 Å². The van der Waals surface area contributed by atoms with E-state index in [2.05, 4.69) is 17.1 Å². The van der Waals surface area contributed by atoms with E-state index in [-0.39, 0.29) is 0 Å². The van der Waals surface area contributed by atoms with Gasteiger partial charge < -0.3 is 10.1 Å². The molecule has 0 radical (unpaired) electrons. The summed E-state index contributed by atoms with van der Waals surface area (Å²) in [6.45, 7) is 6.98. The summed E-state index contributed by atoms with van der Waals surface area (Å²) < 4.78 is 5.20. The predicted octanol–water partition coefficient (Wildman–Crippen LogP) is 3.44. The summed E-state index contributed by atoms with van der Waals surface area (Å²) in [5.74, 6) is 0.941. The Hall–Kier alpha value is -0.120. The molecule has 2 unspecified atom stereocenters. The van der Waals surface area contributed by atoms with Crippen LogP contribution >= 0.6 is 0 Å². The SMILES string of the molecule is CCCC1CN(CCCCOC)C(C2CCCCC2)CN1. The third-order valence-corrected chi connectivity index (χ3v) is 5.41. The van der Waals surface area contributed by atoms with Crippen molar-refractivity contribution in [3.8, 4) is 0 Å². The van der Waals surface area contributed by atoms with E-state index in [0.29, 0.717) is 0 Å². The van der Waals surface area contributed by atoms with Gasteiger partial charge in [-0.25, -0.2) is 0 Å². The van der Waals surface area contributed by atoms with Crippen molar-refractivity contribution < 1.29 is 4.74 Å². The second-order valence-corrected chi connectivity index (χ2v) is 7.05. The van der Waals surface area contributed by atoms with Gasteiger partial charge in [0.25, 0.3) is 0 Å². The smallest absolute Gasteiger partial charge is 0.0462 e. The zero-order chi connectivity index (χ0) is 14.9. The van der Waals surface area contributed by atoms with Gasteiger partial charge in [-0.15, -0.1) is 0 Å². The van der Waals surface area contributed by atoms with Crippen LogP contribution in [0.15, 0.2) is 0 Å². The molecule has 1 N–H and O–H groups in total. The lowest BCUT2D eigenvalue weighted by Crippen LogP contribution is -2.59. The van der Waals surface area contributed by atoms with E-state index < -0.39 is 0 Å². The molecule has 2 fully saturated rings. The topological polar surface area (TPSA) is 24.5 Å². The zero-order valence-electron chi connectivity index (χ0n) is 14.3. The highest BCUT2D eigenvalue weighted by atomic mass is 16.5. The number of methoxy groups -OCH3 is 1. The molecule has 0 aromatic carbocycles. The van der Waals surface area contributed by atoms with Crippen molar-refractivity contribution in [3.63, 3.8) is 0 Å². The summed E-state index contributed by atoms with van der Waals surface area (Å²) in [6.07, 6.45) is 12.4. The van der Waals surface area contributed by atoms with Gasteiger partial charge in [0.05, 0.1) is 0 Å². The maximum atomic E-state index is 5.20. The number of unbranched alkanes of at least 4 members (excludes halogenated alkanes) is 1. The first-order valence-corrected chi connectivity index (χ1v) is 9.31. The number of rotatable bonds is 8. The van der Waals surface area contributed by atoms with Crippen molar-refractivity contribution in [2.75, 3.05) is 33.4 Å². The van der Waals surface area contributed by atoms with Gasteiger partial charge >= 0.3 is 0 Å². The molecule has 1 saturated carbocycles. The molecular formula is C18H36N2O. The molecule has 0 spiro atoms. The maximum Gasteiger partial charge on any atom is 0.0462 e. The third kappa shape index (κ3) is 5.54. The summed E-state index contributed by atoms with van der Waals surface area (Å²) in [6, 6.07) is 1.51. The lowest BCUT2D eigenvalue weighted by atomic mass is 9.82. The quantitative estimate of drug-likeness (QED) is 0.695. The van der Waals surface area contributed by atoms with E-state index in [1.54, 1.807) is 0 Å². The molecule has 1 heterocycles. The molecule has 0 aromatic rings. The lowest BCUT2D eigenvalue weighted by molar-refractivity contribution is 0.0660. The lowest BCUT2D eigenvalue weighted by Gasteiger charge is -2.45. The van der Waals surface area contributed by atoms with Crippen LogP contribution in [0, 0.1) is 5.92 Å². The molecule has 2 rings (SSSR count). The van der Waals surface area contributed by atoms with Crippen LogP contribution in [0.5, 0.6) is 0 Å². The Bertz CT molecular complexity index is 266. The fourth-order valence-corrected chi connectivity index (χ4v) is 4.24. The van der Waals surface area contributed by atoms with Gasteiger partial charge in [0, 0.05) is 38.9 Å². The highest BCUT2D eigenvalue weighted by Gasteiger charge is 2.33. The van der Waals surface area contributed by atoms with Crippen molar-refractivity contribution in [2.24, 2.45) is 5.92 Å². The van der Waals surface area contributed by atoms with E-state index in [4.69, 9.17) is 4.74 Å². The molecule has 0 aromatic heterocycles. The van der Waals surface area contributed by atoms with Crippen LogP contribution < -0.4 is 5.32 Å². The second-order valence-electron chi connectivity index (χ2n) is 7.05. The molecule has 3 nitrogen and oxygen atoms in total. The number of piperazine rings is 1. The minimum absolute atomic E-state index is 0.720. The van der Waals surface area contributed by atoms with Crippen LogP contribution in [0.3, 0.4) is 0 Å². The second kappa shape index (κ2) is 9.81. The molecule has 124 valence electrons. The summed E-state index contributed by atoms with van der Waals surface area (Å²) in [7, 11) is 1.81. The number of nitrogens with one attached hydrogen (secondary N) is 1. The molecule has 3 heteroatoms. The molecule has 1 saturated heterocycles. The Kier molecular flexibility index (Phi) is 8.05. The van der Waals surface area contributed by atoms with E-state index >= 15 is 0 Å². The van der Waals surface area contributed by atoms with E-state index in [1.807, 2.05) is 7.11 Å². The highest BCUT2D eigenvalue weighted by molar-refractivity contribution is 4.90. The van der Waals surface area contributed by atoms with Crippen molar-refractivity contribution in [1.29, 1.82) is 0 Å². The third-order valence-electron chi connectivity index (χ3n) is 5.41. The summed E-state index contributed by atoms with van der Waals surface area (Å²) >= 11 is 0. The Morgan fingerprint density at radius 2 is 1.95 bits per heavy atom. The Labute approximate surface area is 131 Å². The Balaban J connectivity index is 1.85. The van der Waals surface area contributed by atoms with Crippen LogP contribution in [0.1, 0.15) is 64.7 Å². The number of nitrogens with zero attached hydrogens (tertiary/aromatic N) is 1. The van der Waals surface area contributed by atoms with Gasteiger partial charge in [-0.05, 0) is 44.6 Å². The fraction of sp³-hybridized carbons (Fsp3) is 1.00. The first-order valence-electron chi connectivity index (χ1n) is 9.31. The fourth-order valence-electron chi connectivity index (χ4n) is 4.24. The first kappa shape index (κ1) is 17.2. The predicted molar refractivity (Wildman–Crippen MR) is 89.7 cm³/mol. The zero-order valence-corrected chi connectivity index (χ0v) is 14.3. The standard InChI is InChI=1S/C18H36N2O/c1-3-9-17-15-20(12-7-8-13-21-2)18(14-19-17)16-10-5-4-6-11-16/h16-19H,3-15H2,1-2H3. The minimum Gasteiger partial charge on any atom is -0.385 e. The number of ether oxygens (including phenoxy) is 1. The van der Waals surface area contributed by atoms with Crippen LogP contribution in [0.4, 0.5) is 0 Å². The molecule has 21 heavy (non-hydrogen) atoms. The van der Waals surface area contributed by atoms with Crippen molar-refractivity contribution in [1.82, 2.24) is 10.2 Å². The summed E-state index contributed by atoms with van der Waals surface area (Å²) in [4.78, 5) is 2.82. The van der Waals surface area contributed by atoms with E-state index in [9.17, 15) is 0 Å². The van der Waals surface area contributed by atoms with Gasteiger partial charge in [0.2, 0.25) is 0 Å². The monoisotopic (exact) mass is 296 g/mol. The highest BCUT2D eigenvalue weighted by Crippen LogP contribution is 2.30. The summed E-state index contributed by atoms with van der Waals surface area (Å²) in [5, 5.41) is 3.83. The van der Waals surface area contributed by atoms with Crippen LogP contribution in [-0.2, 0) is 4.74 Å². The van der Waals surface area contributed by atoms with Gasteiger partial charge in [-0.3, -0.25) is 4.90 Å². The molecule has 2 atom stereocenters. The number of hydrogen-bond donors (Lipinski definition) is 1. The average molecular weight is 296 g/mol. The van der Waals surface area contributed by atoms with Gasteiger partial charge in [0.15, 0.2) is 0 Å². The van der Waals surface area contributed by atoms with Crippen molar-refractivity contribution in [3.05, 3.63) is 0 Å². The van der Waals surface area contributed by atoms with Crippen LogP contribution in [0.25, 0.3) is 0 Å². The molecular weight excluding hydrogens is 260 g/mol.